The van der Waals surface area contributed by atoms with Crippen molar-refractivity contribution < 1.29 is 13.2 Å². The molecule has 0 aromatic heterocycles. The van der Waals surface area contributed by atoms with E-state index in [0.717, 1.165) is 39.1 Å². The molecule has 1 N–H and O–H groups in total. The van der Waals surface area contributed by atoms with E-state index in [0.29, 0.717) is 18.9 Å². The van der Waals surface area contributed by atoms with Crippen LogP contribution in [0.3, 0.4) is 0 Å². The first-order valence-corrected chi connectivity index (χ1v) is 10.9. The van der Waals surface area contributed by atoms with Gasteiger partial charge in [-0.05, 0) is 30.7 Å². The summed E-state index contributed by atoms with van der Waals surface area (Å²) in [5.74, 6) is 0.717. The van der Waals surface area contributed by atoms with Gasteiger partial charge in [-0.3, -0.25) is 4.90 Å². The van der Waals surface area contributed by atoms with E-state index in [1.54, 1.807) is 0 Å². The van der Waals surface area contributed by atoms with Gasteiger partial charge in [-0.15, -0.1) is 0 Å². The third kappa shape index (κ3) is 7.86. The predicted octanol–water partition coefficient (Wildman–Crippen LogP) is 2.29. The summed E-state index contributed by atoms with van der Waals surface area (Å²) in [6, 6.07) is 10.3. The average molecular weight is 369 g/mol. The van der Waals surface area contributed by atoms with Crippen molar-refractivity contribution in [3.05, 3.63) is 35.9 Å². The van der Waals surface area contributed by atoms with Crippen LogP contribution in [0.4, 0.5) is 0 Å². The summed E-state index contributed by atoms with van der Waals surface area (Å²) < 4.78 is 32.9. The Labute approximate surface area is 152 Å². The van der Waals surface area contributed by atoms with Crippen LogP contribution in [0.25, 0.3) is 0 Å². The molecule has 0 saturated carbocycles. The molecule has 0 aliphatic carbocycles. The summed E-state index contributed by atoms with van der Waals surface area (Å²) >= 11 is 0. The summed E-state index contributed by atoms with van der Waals surface area (Å²) in [5, 5.41) is 0. The zero-order chi connectivity index (χ0) is 18.1. The summed E-state index contributed by atoms with van der Waals surface area (Å²) in [6.07, 6.45) is 2.43. The lowest BCUT2D eigenvalue weighted by Crippen LogP contribution is -2.49. The first-order valence-electron chi connectivity index (χ1n) is 9.29. The van der Waals surface area contributed by atoms with E-state index in [1.165, 1.54) is 5.56 Å². The standard InChI is InChI=1S/C19H32N2O3S/c1-17(2)15-19(21-10-12-24-13-11-21)16-20-25(22,23)14-6-9-18-7-4-3-5-8-18/h3-5,7-8,17,19-20H,6,9-16H2,1-2H3. The molecular weight excluding hydrogens is 336 g/mol. The Balaban J connectivity index is 1.80. The lowest BCUT2D eigenvalue weighted by Gasteiger charge is -2.35. The number of nitrogens with zero attached hydrogens (tertiary/aromatic N) is 1. The van der Waals surface area contributed by atoms with E-state index < -0.39 is 10.0 Å². The van der Waals surface area contributed by atoms with Gasteiger partial charge in [0.05, 0.1) is 19.0 Å². The molecule has 1 aromatic rings. The Morgan fingerprint density at radius 2 is 1.84 bits per heavy atom. The van der Waals surface area contributed by atoms with Crippen LogP contribution < -0.4 is 4.72 Å². The third-order valence-corrected chi connectivity index (χ3v) is 6.00. The van der Waals surface area contributed by atoms with Gasteiger partial charge in [-0.25, -0.2) is 13.1 Å². The van der Waals surface area contributed by atoms with Crippen molar-refractivity contribution >= 4 is 10.0 Å². The minimum atomic E-state index is -3.23. The second kappa shape index (κ2) is 10.3. The minimum Gasteiger partial charge on any atom is -0.379 e. The maximum atomic E-state index is 12.3. The molecular formula is C19H32N2O3S. The number of aryl methyl sites for hydroxylation is 1. The van der Waals surface area contributed by atoms with Crippen LogP contribution in [-0.4, -0.2) is 58.0 Å². The molecule has 0 spiro atoms. The molecule has 0 radical (unpaired) electrons. The van der Waals surface area contributed by atoms with E-state index in [-0.39, 0.29) is 11.8 Å². The fourth-order valence-corrected chi connectivity index (χ4v) is 4.37. The van der Waals surface area contributed by atoms with Crippen molar-refractivity contribution in [2.75, 3.05) is 38.6 Å². The van der Waals surface area contributed by atoms with Crippen LogP contribution in [0, 0.1) is 5.92 Å². The molecule has 5 nitrogen and oxygen atoms in total. The van der Waals surface area contributed by atoms with Gasteiger partial charge in [0.1, 0.15) is 0 Å². The summed E-state index contributed by atoms with van der Waals surface area (Å²) in [4.78, 5) is 2.36. The average Bonchev–Trinajstić information content (AvgIpc) is 2.60. The smallest absolute Gasteiger partial charge is 0.211 e. The lowest BCUT2D eigenvalue weighted by molar-refractivity contribution is 0.0134. The summed E-state index contributed by atoms with van der Waals surface area (Å²) in [5.41, 5.74) is 1.18. The van der Waals surface area contributed by atoms with Gasteiger partial charge in [-0.1, -0.05) is 44.2 Å². The number of sulfonamides is 1. The van der Waals surface area contributed by atoms with Crippen molar-refractivity contribution in [3.8, 4) is 0 Å². The molecule has 1 aliphatic heterocycles. The van der Waals surface area contributed by atoms with Crippen LogP contribution in [-0.2, 0) is 21.2 Å². The van der Waals surface area contributed by atoms with Crippen molar-refractivity contribution in [2.45, 2.75) is 39.2 Å². The van der Waals surface area contributed by atoms with Crippen LogP contribution in [0.15, 0.2) is 30.3 Å². The first kappa shape index (κ1) is 20.4. The van der Waals surface area contributed by atoms with E-state index in [2.05, 4.69) is 23.5 Å². The van der Waals surface area contributed by atoms with E-state index in [4.69, 9.17) is 4.74 Å². The highest BCUT2D eigenvalue weighted by atomic mass is 32.2. The SMILES string of the molecule is CC(C)CC(CNS(=O)(=O)CCCc1ccccc1)N1CCOCC1. The molecule has 1 heterocycles. The number of ether oxygens (including phenoxy) is 1. The molecule has 0 bridgehead atoms. The Kier molecular flexibility index (Phi) is 8.36. The molecule has 0 amide bonds. The number of benzene rings is 1. The fraction of sp³-hybridized carbons (Fsp3) is 0.684. The fourth-order valence-electron chi connectivity index (χ4n) is 3.25. The Bertz CT molecular complexity index is 584. The summed E-state index contributed by atoms with van der Waals surface area (Å²) in [7, 11) is -3.23. The molecule has 2 rings (SSSR count). The van der Waals surface area contributed by atoms with Crippen molar-refractivity contribution in [1.29, 1.82) is 0 Å². The molecule has 1 fully saturated rings. The number of nitrogens with one attached hydrogen (secondary N) is 1. The van der Waals surface area contributed by atoms with E-state index in [1.807, 2.05) is 30.3 Å². The largest absolute Gasteiger partial charge is 0.379 e. The predicted molar refractivity (Wildman–Crippen MR) is 102 cm³/mol. The van der Waals surface area contributed by atoms with Crippen LogP contribution >= 0.6 is 0 Å². The molecule has 1 saturated heterocycles. The van der Waals surface area contributed by atoms with E-state index >= 15 is 0 Å². The van der Waals surface area contributed by atoms with E-state index in [9.17, 15) is 8.42 Å². The molecule has 1 aliphatic rings. The van der Waals surface area contributed by atoms with Gasteiger partial charge >= 0.3 is 0 Å². The topological polar surface area (TPSA) is 58.6 Å². The Morgan fingerprint density at radius 3 is 2.48 bits per heavy atom. The normalized spacial score (nSPS) is 17.7. The second-order valence-corrected chi connectivity index (χ2v) is 9.11. The maximum Gasteiger partial charge on any atom is 0.211 e. The molecule has 1 unspecified atom stereocenters. The molecule has 1 atom stereocenters. The third-order valence-electron chi connectivity index (χ3n) is 4.57. The van der Waals surface area contributed by atoms with Crippen LogP contribution in [0.2, 0.25) is 0 Å². The highest BCUT2D eigenvalue weighted by Gasteiger charge is 2.23. The Hall–Kier alpha value is -0.950. The highest BCUT2D eigenvalue weighted by molar-refractivity contribution is 7.89. The second-order valence-electron chi connectivity index (χ2n) is 7.19. The maximum absolute atomic E-state index is 12.3. The highest BCUT2D eigenvalue weighted by Crippen LogP contribution is 2.13. The zero-order valence-corrected chi connectivity index (χ0v) is 16.3. The molecule has 25 heavy (non-hydrogen) atoms. The monoisotopic (exact) mass is 368 g/mol. The first-order chi connectivity index (χ1) is 12.0. The number of hydrogen-bond acceptors (Lipinski definition) is 4. The van der Waals surface area contributed by atoms with Crippen LogP contribution in [0.5, 0.6) is 0 Å². The minimum absolute atomic E-state index is 0.180. The quantitative estimate of drug-likeness (QED) is 0.688. The molecule has 6 heteroatoms. The summed E-state index contributed by atoms with van der Waals surface area (Å²) in [6.45, 7) is 8.09. The number of hydrogen-bond donors (Lipinski definition) is 1. The molecule has 142 valence electrons. The van der Waals surface area contributed by atoms with Crippen molar-refractivity contribution in [2.24, 2.45) is 5.92 Å². The zero-order valence-electron chi connectivity index (χ0n) is 15.5. The van der Waals surface area contributed by atoms with Crippen molar-refractivity contribution in [1.82, 2.24) is 9.62 Å². The lowest BCUT2D eigenvalue weighted by atomic mass is 10.0. The van der Waals surface area contributed by atoms with Gasteiger partial charge in [0.2, 0.25) is 10.0 Å². The van der Waals surface area contributed by atoms with Gasteiger partial charge < -0.3 is 4.74 Å². The Morgan fingerprint density at radius 1 is 1.16 bits per heavy atom. The number of rotatable bonds is 10. The van der Waals surface area contributed by atoms with Gasteiger partial charge in [-0.2, -0.15) is 0 Å². The van der Waals surface area contributed by atoms with Gasteiger partial charge in [0.15, 0.2) is 0 Å². The van der Waals surface area contributed by atoms with Gasteiger partial charge in [0.25, 0.3) is 0 Å². The van der Waals surface area contributed by atoms with Crippen LogP contribution in [0.1, 0.15) is 32.3 Å². The van der Waals surface area contributed by atoms with Gasteiger partial charge in [0, 0.05) is 25.7 Å². The van der Waals surface area contributed by atoms with Crippen molar-refractivity contribution in [3.63, 3.8) is 0 Å². The molecule has 1 aromatic carbocycles. The number of morpholine rings is 1.